The van der Waals surface area contributed by atoms with Crippen molar-refractivity contribution in [1.29, 1.82) is 0 Å². The molecule has 0 bridgehead atoms. The lowest BCUT2D eigenvalue weighted by molar-refractivity contribution is 0.102. The van der Waals surface area contributed by atoms with Crippen LogP contribution in [0.2, 0.25) is 5.02 Å². The van der Waals surface area contributed by atoms with Crippen molar-refractivity contribution in [2.75, 3.05) is 5.32 Å². The summed E-state index contributed by atoms with van der Waals surface area (Å²) in [7, 11) is 0. The van der Waals surface area contributed by atoms with Crippen molar-refractivity contribution in [3.63, 3.8) is 0 Å². The molecular formula is C21H17BrClN5O2. The summed E-state index contributed by atoms with van der Waals surface area (Å²) in [4.78, 5) is 12.6. The quantitative estimate of drug-likeness (QED) is 0.406. The molecule has 0 spiro atoms. The fourth-order valence-corrected chi connectivity index (χ4v) is 3.31. The number of nitrogens with one attached hydrogen (secondary N) is 1. The highest BCUT2D eigenvalue weighted by Crippen LogP contribution is 2.18. The third kappa shape index (κ3) is 5.28. The SMILES string of the molecule is O=C(Nc1cccc(Cn2cc(Br)cn2)c1)c1ccn(COc2cccc(Cl)c2)n1. The molecule has 7 nitrogen and oxygen atoms in total. The molecule has 9 heteroatoms. The maximum Gasteiger partial charge on any atom is 0.276 e. The molecular weight excluding hydrogens is 470 g/mol. The Hall–Kier alpha value is -3.10. The Morgan fingerprint density at radius 3 is 2.80 bits per heavy atom. The molecule has 0 saturated heterocycles. The number of carbonyl (C=O) groups excluding carboxylic acids is 1. The average molecular weight is 487 g/mol. The first kappa shape index (κ1) is 20.2. The zero-order valence-corrected chi connectivity index (χ0v) is 18.0. The minimum Gasteiger partial charge on any atom is -0.471 e. The van der Waals surface area contributed by atoms with Gasteiger partial charge in [-0.25, -0.2) is 4.68 Å². The van der Waals surface area contributed by atoms with Gasteiger partial charge in [0.25, 0.3) is 5.91 Å². The van der Waals surface area contributed by atoms with E-state index in [9.17, 15) is 4.79 Å². The summed E-state index contributed by atoms with van der Waals surface area (Å²) in [5.41, 5.74) is 2.00. The van der Waals surface area contributed by atoms with Crippen LogP contribution < -0.4 is 10.1 Å². The Balaban J connectivity index is 1.36. The zero-order chi connectivity index (χ0) is 20.9. The summed E-state index contributed by atoms with van der Waals surface area (Å²) in [6.45, 7) is 0.771. The molecule has 0 aliphatic carbocycles. The van der Waals surface area contributed by atoms with E-state index < -0.39 is 0 Å². The van der Waals surface area contributed by atoms with Crippen LogP contribution in [-0.2, 0) is 13.3 Å². The normalized spacial score (nSPS) is 10.7. The topological polar surface area (TPSA) is 74.0 Å². The molecule has 0 aliphatic heterocycles. The van der Waals surface area contributed by atoms with Crippen LogP contribution in [0.15, 0.2) is 77.7 Å². The van der Waals surface area contributed by atoms with Crippen LogP contribution in [0.25, 0.3) is 0 Å². The molecule has 1 amide bonds. The number of hydrogen-bond donors (Lipinski definition) is 1. The van der Waals surface area contributed by atoms with Gasteiger partial charge >= 0.3 is 0 Å². The molecule has 0 radical (unpaired) electrons. The molecule has 0 unspecified atom stereocenters. The third-order valence-corrected chi connectivity index (χ3v) is 4.81. The van der Waals surface area contributed by atoms with Crippen molar-refractivity contribution in [1.82, 2.24) is 19.6 Å². The lowest BCUT2D eigenvalue weighted by Gasteiger charge is -2.07. The molecule has 2 aromatic carbocycles. The number of hydrogen-bond acceptors (Lipinski definition) is 4. The standard InChI is InChI=1S/C21H17BrClN5O2/c22-16-11-24-28(13-16)12-15-3-1-5-18(9-15)25-21(29)20-7-8-27(26-20)14-30-19-6-2-4-17(23)10-19/h1-11,13H,12,14H2,(H,25,29). The highest BCUT2D eigenvalue weighted by atomic mass is 79.9. The number of halogens is 2. The van der Waals surface area contributed by atoms with E-state index >= 15 is 0 Å². The van der Waals surface area contributed by atoms with Gasteiger partial charge in [-0.3, -0.25) is 9.48 Å². The fraction of sp³-hybridized carbons (Fsp3) is 0.0952. The zero-order valence-electron chi connectivity index (χ0n) is 15.7. The van der Waals surface area contributed by atoms with E-state index in [1.54, 1.807) is 47.4 Å². The molecule has 0 fully saturated rings. The molecule has 0 atom stereocenters. The van der Waals surface area contributed by atoms with Gasteiger partial charge in [-0.1, -0.05) is 29.8 Å². The summed E-state index contributed by atoms with van der Waals surface area (Å²) in [6.07, 6.45) is 5.31. The molecule has 1 N–H and O–H groups in total. The smallest absolute Gasteiger partial charge is 0.276 e. The number of anilines is 1. The molecule has 152 valence electrons. The van der Waals surface area contributed by atoms with E-state index in [1.165, 1.54) is 0 Å². The van der Waals surface area contributed by atoms with Gasteiger partial charge in [-0.05, 0) is 57.9 Å². The van der Waals surface area contributed by atoms with Crippen LogP contribution in [0.4, 0.5) is 5.69 Å². The number of carbonyl (C=O) groups is 1. The van der Waals surface area contributed by atoms with Gasteiger partial charge in [0.1, 0.15) is 5.75 Å². The molecule has 2 aromatic heterocycles. The van der Waals surface area contributed by atoms with Crippen molar-refractivity contribution >= 4 is 39.1 Å². The minimum absolute atomic E-state index is 0.169. The maximum atomic E-state index is 12.6. The molecule has 4 aromatic rings. The number of nitrogens with zero attached hydrogens (tertiary/aromatic N) is 4. The van der Waals surface area contributed by atoms with Crippen LogP contribution in [0.3, 0.4) is 0 Å². The summed E-state index contributed by atoms with van der Waals surface area (Å²) in [6, 6.07) is 16.3. The molecule has 2 heterocycles. The highest BCUT2D eigenvalue weighted by Gasteiger charge is 2.11. The van der Waals surface area contributed by atoms with E-state index in [0.717, 1.165) is 10.0 Å². The Bertz CT molecular complexity index is 1170. The molecule has 30 heavy (non-hydrogen) atoms. The van der Waals surface area contributed by atoms with Gasteiger partial charge in [0, 0.05) is 23.1 Å². The van der Waals surface area contributed by atoms with Crippen LogP contribution >= 0.6 is 27.5 Å². The minimum atomic E-state index is -0.296. The van der Waals surface area contributed by atoms with Crippen molar-refractivity contribution in [3.8, 4) is 5.75 Å². The molecule has 4 rings (SSSR count). The van der Waals surface area contributed by atoms with Gasteiger partial charge < -0.3 is 10.1 Å². The predicted octanol–water partition coefficient (Wildman–Crippen LogP) is 4.83. The van der Waals surface area contributed by atoms with Gasteiger partial charge in [-0.15, -0.1) is 0 Å². The van der Waals surface area contributed by atoms with Crippen molar-refractivity contribution in [3.05, 3.63) is 93.9 Å². The lowest BCUT2D eigenvalue weighted by Crippen LogP contribution is -2.14. The number of amides is 1. The van der Waals surface area contributed by atoms with Gasteiger partial charge in [0.05, 0.1) is 17.2 Å². The summed E-state index contributed by atoms with van der Waals surface area (Å²) >= 11 is 9.33. The Morgan fingerprint density at radius 2 is 2.00 bits per heavy atom. The van der Waals surface area contributed by atoms with E-state index in [-0.39, 0.29) is 12.6 Å². The predicted molar refractivity (Wildman–Crippen MR) is 118 cm³/mol. The first-order valence-electron chi connectivity index (χ1n) is 9.05. The Morgan fingerprint density at radius 1 is 1.13 bits per heavy atom. The fourth-order valence-electron chi connectivity index (χ4n) is 2.81. The monoisotopic (exact) mass is 485 g/mol. The highest BCUT2D eigenvalue weighted by molar-refractivity contribution is 9.10. The number of benzene rings is 2. The van der Waals surface area contributed by atoms with Crippen LogP contribution in [-0.4, -0.2) is 25.5 Å². The summed E-state index contributed by atoms with van der Waals surface area (Å²) in [5.74, 6) is 0.334. The summed E-state index contributed by atoms with van der Waals surface area (Å²) < 4.78 is 9.90. The second kappa shape index (κ2) is 9.15. The number of aromatic nitrogens is 4. The second-order valence-corrected chi connectivity index (χ2v) is 7.83. The molecule has 0 saturated carbocycles. The van der Waals surface area contributed by atoms with Gasteiger partial charge in [-0.2, -0.15) is 10.2 Å². The maximum absolute atomic E-state index is 12.6. The van der Waals surface area contributed by atoms with E-state index in [0.29, 0.717) is 28.7 Å². The summed E-state index contributed by atoms with van der Waals surface area (Å²) in [5, 5.41) is 12.0. The first-order chi connectivity index (χ1) is 14.5. The van der Waals surface area contributed by atoms with Gasteiger partial charge in [0.2, 0.25) is 0 Å². The van der Waals surface area contributed by atoms with Gasteiger partial charge in [0.15, 0.2) is 12.4 Å². The lowest BCUT2D eigenvalue weighted by atomic mass is 10.2. The van der Waals surface area contributed by atoms with Crippen molar-refractivity contribution < 1.29 is 9.53 Å². The van der Waals surface area contributed by atoms with E-state index in [4.69, 9.17) is 16.3 Å². The Kier molecular flexibility index (Phi) is 6.15. The van der Waals surface area contributed by atoms with Crippen LogP contribution in [0.1, 0.15) is 16.1 Å². The van der Waals surface area contributed by atoms with Crippen LogP contribution in [0.5, 0.6) is 5.75 Å². The number of rotatable bonds is 7. The van der Waals surface area contributed by atoms with Crippen molar-refractivity contribution in [2.45, 2.75) is 13.3 Å². The average Bonchev–Trinajstić information content (AvgIpc) is 3.36. The van der Waals surface area contributed by atoms with Crippen molar-refractivity contribution in [2.24, 2.45) is 0 Å². The Labute approximate surface area is 186 Å². The third-order valence-electron chi connectivity index (χ3n) is 4.16. The van der Waals surface area contributed by atoms with E-state index in [1.807, 2.05) is 35.1 Å². The van der Waals surface area contributed by atoms with Crippen LogP contribution in [0, 0.1) is 0 Å². The molecule has 0 aliphatic rings. The first-order valence-corrected chi connectivity index (χ1v) is 10.2. The van der Waals surface area contributed by atoms with E-state index in [2.05, 4.69) is 31.4 Å². The second-order valence-electron chi connectivity index (χ2n) is 6.48. The largest absolute Gasteiger partial charge is 0.471 e. The number of ether oxygens (including phenoxy) is 1.